The average Bonchev–Trinajstić information content (AvgIpc) is 2.00. The van der Waals surface area contributed by atoms with E-state index in [9.17, 15) is 0 Å². The van der Waals surface area contributed by atoms with Crippen LogP contribution >= 0.6 is 0 Å². The van der Waals surface area contributed by atoms with Crippen LogP contribution in [-0.2, 0) is 0 Å². The Balaban J connectivity index is 3.69. The smallest absolute Gasteiger partial charge is 0.0482 e. The van der Waals surface area contributed by atoms with Crippen molar-refractivity contribution < 1.29 is 5.11 Å². The van der Waals surface area contributed by atoms with Gasteiger partial charge < -0.3 is 10.0 Å². The van der Waals surface area contributed by atoms with Crippen LogP contribution in [0, 0.1) is 10.8 Å². The summed E-state index contributed by atoms with van der Waals surface area (Å²) in [7, 11) is 2.18. The molecule has 2 heteroatoms. The predicted molar refractivity (Wildman–Crippen MR) is 67.1 cm³/mol. The molecule has 0 atom stereocenters. The molecule has 2 nitrogen and oxygen atoms in total. The zero-order valence-electron chi connectivity index (χ0n) is 11.4. The Hall–Kier alpha value is -0.0800. The lowest BCUT2D eigenvalue weighted by atomic mass is 9.89. The Kier molecular flexibility index (Phi) is 5.82. The third kappa shape index (κ3) is 8.88. The summed E-state index contributed by atoms with van der Waals surface area (Å²) in [6.45, 7) is 13.6. The first-order valence-electron chi connectivity index (χ1n) is 5.96. The van der Waals surface area contributed by atoms with Crippen LogP contribution in [0.25, 0.3) is 0 Å². The molecule has 0 aromatic carbocycles. The van der Waals surface area contributed by atoms with Crippen molar-refractivity contribution in [3.8, 4) is 0 Å². The molecule has 92 valence electrons. The van der Waals surface area contributed by atoms with Crippen molar-refractivity contribution in [1.29, 1.82) is 0 Å². The standard InChI is InChI=1S/C13H29NO/c1-12(2,3)10-14(6)9-7-8-13(4,5)11-15/h15H,7-11H2,1-6H3. The largest absolute Gasteiger partial charge is 0.396 e. The zero-order valence-corrected chi connectivity index (χ0v) is 11.4. The Morgan fingerprint density at radius 1 is 1.07 bits per heavy atom. The van der Waals surface area contributed by atoms with Gasteiger partial charge in [-0.3, -0.25) is 0 Å². The minimum atomic E-state index is 0.0859. The van der Waals surface area contributed by atoms with Crippen molar-refractivity contribution in [1.82, 2.24) is 4.90 Å². The molecule has 0 aliphatic heterocycles. The van der Waals surface area contributed by atoms with Gasteiger partial charge in [-0.1, -0.05) is 34.6 Å². The lowest BCUT2D eigenvalue weighted by Crippen LogP contribution is -2.30. The molecule has 0 aromatic heterocycles. The van der Waals surface area contributed by atoms with Gasteiger partial charge in [0.2, 0.25) is 0 Å². The molecule has 1 N–H and O–H groups in total. The van der Waals surface area contributed by atoms with E-state index in [2.05, 4.69) is 46.6 Å². The lowest BCUT2D eigenvalue weighted by molar-refractivity contribution is 0.139. The fourth-order valence-corrected chi connectivity index (χ4v) is 1.80. The highest BCUT2D eigenvalue weighted by molar-refractivity contribution is 4.70. The Morgan fingerprint density at radius 2 is 1.60 bits per heavy atom. The van der Waals surface area contributed by atoms with Gasteiger partial charge in [-0.15, -0.1) is 0 Å². The van der Waals surface area contributed by atoms with Gasteiger partial charge in [-0.2, -0.15) is 0 Å². The van der Waals surface area contributed by atoms with E-state index in [0.717, 1.165) is 19.5 Å². The molecule has 15 heavy (non-hydrogen) atoms. The first-order chi connectivity index (χ1) is 6.66. The van der Waals surface area contributed by atoms with E-state index in [1.807, 2.05) is 0 Å². The molecule has 0 aliphatic rings. The molecule has 0 aliphatic carbocycles. The summed E-state index contributed by atoms with van der Waals surface area (Å²) in [6.07, 6.45) is 2.26. The summed E-state index contributed by atoms with van der Waals surface area (Å²) in [6, 6.07) is 0. The molecule has 0 saturated heterocycles. The maximum absolute atomic E-state index is 9.13. The first-order valence-corrected chi connectivity index (χ1v) is 5.96. The highest BCUT2D eigenvalue weighted by atomic mass is 16.3. The Bertz CT molecular complexity index is 170. The van der Waals surface area contributed by atoms with Crippen molar-refractivity contribution in [2.75, 3.05) is 26.7 Å². The minimum absolute atomic E-state index is 0.0859. The summed E-state index contributed by atoms with van der Waals surface area (Å²) in [5, 5.41) is 9.13. The van der Waals surface area contributed by atoms with E-state index in [-0.39, 0.29) is 12.0 Å². The molecule has 0 bridgehead atoms. The van der Waals surface area contributed by atoms with Crippen molar-refractivity contribution in [2.24, 2.45) is 10.8 Å². The van der Waals surface area contributed by atoms with E-state index in [1.54, 1.807) is 0 Å². The SMILES string of the molecule is CN(CCCC(C)(C)CO)CC(C)(C)C. The topological polar surface area (TPSA) is 23.5 Å². The Morgan fingerprint density at radius 3 is 2.00 bits per heavy atom. The zero-order chi connectivity index (χ0) is 12.1. The first kappa shape index (κ1) is 14.9. The van der Waals surface area contributed by atoms with E-state index in [0.29, 0.717) is 5.41 Å². The van der Waals surface area contributed by atoms with Crippen LogP contribution in [0.2, 0.25) is 0 Å². The molecule has 0 spiro atoms. The van der Waals surface area contributed by atoms with Crippen LogP contribution in [0.5, 0.6) is 0 Å². The quantitative estimate of drug-likeness (QED) is 0.736. The monoisotopic (exact) mass is 215 g/mol. The van der Waals surface area contributed by atoms with Gasteiger partial charge >= 0.3 is 0 Å². The van der Waals surface area contributed by atoms with Gasteiger partial charge in [0.05, 0.1) is 0 Å². The number of hydrogen-bond acceptors (Lipinski definition) is 2. The number of aliphatic hydroxyl groups is 1. The van der Waals surface area contributed by atoms with Gasteiger partial charge in [0, 0.05) is 13.2 Å². The Labute approximate surface area is 95.7 Å². The molecule has 0 saturated carbocycles. The molecule has 0 heterocycles. The van der Waals surface area contributed by atoms with Gasteiger partial charge in [0.15, 0.2) is 0 Å². The average molecular weight is 215 g/mol. The molecular formula is C13H29NO. The normalized spacial score (nSPS) is 13.6. The van der Waals surface area contributed by atoms with E-state index in [1.165, 1.54) is 6.42 Å². The maximum Gasteiger partial charge on any atom is 0.0482 e. The highest BCUT2D eigenvalue weighted by Gasteiger charge is 2.17. The summed E-state index contributed by atoms with van der Waals surface area (Å²) >= 11 is 0. The number of aliphatic hydroxyl groups excluding tert-OH is 1. The van der Waals surface area contributed by atoms with Crippen LogP contribution in [0.15, 0.2) is 0 Å². The van der Waals surface area contributed by atoms with Gasteiger partial charge in [0.25, 0.3) is 0 Å². The summed E-state index contributed by atoms with van der Waals surface area (Å²) in [5.74, 6) is 0. The van der Waals surface area contributed by atoms with Gasteiger partial charge in [0.1, 0.15) is 0 Å². The maximum atomic E-state index is 9.13. The number of rotatable bonds is 6. The second-order valence-corrected chi connectivity index (χ2v) is 6.72. The summed E-state index contributed by atoms with van der Waals surface area (Å²) in [4.78, 5) is 2.38. The molecule has 0 rings (SSSR count). The van der Waals surface area contributed by atoms with E-state index in [4.69, 9.17) is 5.11 Å². The van der Waals surface area contributed by atoms with Crippen molar-refractivity contribution in [3.05, 3.63) is 0 Å². The summed E-state index contributed by atoms with van der Waals surface area (Å²) < 4.78 is 0. The van der Waals surface area contributed by atoms with E-state index >= 15 is 0 Å². The number of nitrogens with zero attached hydrogens (tertiary/aromatic N) is 1. The van der Waals surface area contributed by atoms with Crippen LogP contribution in [0.1, 0.15) is 47.5 Å². The summed E-state index contributed by atoms with van der Waals surface area (Å²) in [5.41, 5.74) is 0.462. The second kappa shape index (κ2) is 5.86. The van der Waals surface area contributed by atoms with Crippen LogP contribution < -0.4 is 0 Å². The molecular weight excluding hydrogens is 186 g/mol. The van der Waals surface area contributed by atoms with Gasteiger partial charge in [-0.25, -0.2) is 0 Å². The van der Waals surface area contributed by atoms with Crippen molar-refractivity contribution in [2.45, 2.75) is 47.5 Å². The molecule has 0 unspecified atom stereocenters. The minimum Gasteiger partial charge on any atom is -0.396 e. The van der Waals surface area contributed by atoms with Crippen LogP contribution in [0.3, 0.4) is 0 Å². The fourth-order valence-electron chi connectivity index (χ4n) is 1.80. The fraction of sp³-hybridized carbons (Fsp3) is 1.00. The molecule has 0 fully saturated rings. The second-order valence-electron chi connectivity index (χ2n) is 6.72. The number of hydrogen-bond donors (Lipinski definition) is 1. The third-order valence-corrected chi connectivity index (χ3v) is 2.57. The predicted octanol–water partition coefficient (Wildman–Crippen LogP) is 2.76. The highest BCUT2D eigenvalue weighted by Crippen LogP contribution is 2.21. The van der Waals surface area contributed by atoms with Gasteiger partial charge in [-0.05, 0) is 37.3 Å². The third-order valence-electron chi connectivity index (χ3n) is 2.57. The van der Waals surface area contributed by atoms with Crippen molar-refractivity contribution in [3.63, 3.8) is 0 Å². The van der Waals surface area contributed by atoms with Crippen LogP contribution in [0.4, 0.5) is 0 Å². The van der Waals surface area contributed by atoms with Crippen molar-refractivity contribution >= 4 is 0 Å². The lowest BCUT2D eigenvalue weighted by Gasteiger charge is -2.28. The molecule has 0 radical (unpaired) electrons. The van der Waals surface area contributed by atoms with E-state index < -0.39 is 0 Å². The van der Waals surface area contributed by atoms with Crippen LogP contribution in [-0.4, -0.2) is 36.8 Å². The molecule has 0 amide bonds. The molecule has 0 aromatic rings.